The van der Waals surface area contributed by atoms with Crippen LogP contribution in [-0.2, 0) is 0 Å². The van der Waals surface area contributed by atoms with Crippen molar-refractivity contribution in [1.82, 2.24) is 5.32 Å². The van der Waals surface area contributed by atoms with Crippen LogP contribution in [0.2, 0.25) is 0 Å². The first-order valence-corrected chi connectivity index (χ1v) is 8.04. The Kier molecular flexibility index (Phi) is 6.58. The second kappa shape index (κ2) is 7.70. The highest BCUT2D eigenvalue weighted by atomic mass is 32.2. The summed E-state index contributed by atoms with van der Waals surface area (Å²) in [6, 6.07) is 9.89. The van der Waals surface area contributed by atoms with Gasteiger partial charge in [0.25, 0.3) is 0 Å². The number of rotatable bonds is 7. The van der Waals surface area contributed by atoms with E-state index in [9.17, 15) is 0 Å². The van der Waals surface area contributed by atoms with Gasteiger partial charge in [0.2, 0.25) is 0 Å². The van der Waals surface area contributed by atoms with Crippen LogP contribution in [0.25, 0.3) is 0 Å². The van der Waals surface area contributed by atoms with Gasteiger partial charge in [-0.15, -0.1) is 0 Å². The summed E-state index contributed by atoms with van der Waals surface area (Å²) in [5.41, 5.74) is 2.65. The Bertz CT molecular complexity index is 337. The van der Waals surface area contributed by atoms with Crippen LogP contribution in [0.5, 0.6) is 0 Å². The van der Waals surface area contributed by atoms with Crippen molar-refractivity contribution in [3.63, 3.8) is 0 Å². The summed E-state index contributed by atoms with van der Waals surface area (Å²) in [6.07, 6.45) is 2.16. The van der Waals surface area contributed by atoms with Gasteiger partial charge in [0, 0.05) is 30.6 Å². The summed E-state index contributed by atoms with van der Waals surface area (Å²) in [5, 5.41) is 3.44. The molecule has 0 fully saturated rings. The van der Waals surface area contributed by atoms with Crippen LogP contribution in [-0.4, -0.2) is 31.6 Å². The Hall–Kier alpha value is -0.670. The van der Waals surface area contributed by atoms with Crippen molar-refractivity contribution in [3.05, 3.63) is 29.8 Å². The van der Waals surface area contributed by atoms with E-state index in [1.807, 2.05) is 11.8 Å². The molecule has 1 rings (SSSR count). The first-order valence-electron chi connectivity index (χ1n) is 6.65. The number of nitrogens with zero attached hydrogens (tertiary/aromatic N) is 1. The van der Waals surface area contributed by atoms with E-state index in [0.29, 0.717) is 12.1 Å². The van der Waals surface area contributed by atoms with Crippen LogP contribution in [0.4, 0.5) is 5.69 Å². The van der Waals surface area contributed by atoms with Crippen molar-refractivity contribution in [2.45, 2.75) is 32.9 Å². The van der Waals surface area contributed by atoms with E-state index in [-0.39, 0.29) is 0 Å². The summed E-state index contributed by atoms with van der Waals surface area (Å²) in [4.78, 5) is 2.35. The molecule has 0 aromatic heterocycles. The third-order valence-electron chi connectivity index (χ3n) is 3.38. The van der Waals surface area contributed by atoms with Gasteiger partial charge < -0.3 is 10.2 Å². The van der Waals surface area contributed by atoms with Crippen molar-refractivity contribution < 1.29 is 0 Å². The fourth-order valence-electron chi connectivity index (χ4n) is 2.03. The second-order valence-electron chi connectivity index (χ2n) is 4.79. The van der Waals surface area contributed by atoms with Crippen LogP contribution in [0, 0.1) is 0 Å². The molecular formula is C15H26N2S. The normalized spacial score (nSPS) is 14.3. The predicted octanol–water partition coefficient (Wildman–Crippen LogP) is 3.54. The number of benzene rings is 1. The highest BCUT2D eigenvalue weighted by Gasteiger charge is 2.10. The predicted molar refractivity (Wildman–Crippen MR) is 84.8 cm³/mol. The number of hydrogen-bond donors (Lipinski definition) is 1. The molecule has 2 unspecified atom stereocenters. The molecule has 0 saturated carbocycles. The Morgan fingerprint density at radius 3 is 2.33 bits per heavy atom. The van der Waals surface area contributed by atoms with Crippen LogP contribution in [0.15, 0.2) is 24.3 Å². The summed E-state index contributed by atoms with van der Waals surface area (Å²) >= 11 is 1.90. The Balaban J connectivity index is 2.70. The smallest absolute Gasteiger partial charge is 0.0366 e. The second-order valence-corrected chi connectivity index (χ2v) is 5.70. The van der Waals surface area contributed by atoms with E-state index in [0.717, 1.165) is 12.3 Å². The third-order valence-corrected chi connectivity index (χ3v) is 4.20. The molecule has 0 spiro atoms. The Labute approximate surface area is 116 Å². The average molecular weight is 266 g/mol. The van der Waals surface area contributed by atoms with Gasteiger partial charge >= 0.3 is 0 Å². The molecule has 3 heteroatoms. The summed E-state index contributed by atoms with van der Waals surface area (Å²) in [6.45, 7) is 7.63. The Morgan fingerprint density at radius 2 is 1.83 bits per heavy atom. The van der Waals surface area contributed by atoms with E-state index in [2.05, 4.69) is 68.6 Å². The van der Waals surface area contributed by atoms with Gasteiger partial charge in [-0.1, -0.05) is 19.1 Å². The van der Waals surface area contributed by atoms with Crippen molar-refractivity contribution >= 4 is 17.4 Å². The van der Waals surface area contributed by atoms with E-state index in [1.54, 1.807) is 0 Å². The number of anilines is 1. The maximum atomic E-state index is 3.44. The van der Waals surface area contributed by atoms with Crippen molar-refractivity contribution in [1.29, 1.82) is 0 Å². The lowest BCUT2D eigenvalue weighted by molar-refractivity contribution is 0.598. The molecule has 2 nitrogen and oxygen atoms in total. The van der Waals surface area contributed by atoms with Gasteiger partial charge in [0.05, 0.1) is 0 Å². The van der Waals surface area contributed by atoms with Crippen LogP contribution < -0.4 is 10.2 Å². The molecule has 0 aliphatic rings. The number of hydrogen-bond acceptors (Lipinski definition) is 3. The van der Waals surface area contributed by atoms with E-state index >= 15 is 0 Å². The van der Waals surface area contributed by atoms with Gasteiger partial charge in [-0.05, 0) is 44.3 Å². The molecule has 2 atom stereocenters. The quantitative estimate of drug-likeness (QED) is 0.812. The van der Waals surface area contributed by atoms with Gasteiger partial charge in [0.15, 0.2) is 0 Å². The minimum absolute atomic E-state index is 0.429. The van der Waals surface area contributed by atoms with Crippen molar-refractivity contribution in [3.8, 4) is 0 Å². The summed E-state index contributed by atoms with van der Waals surface area (Å²) in [7, 11) is 2.17. The topological polar surface area (TPSA) is 15.3 Å². The molecule has 0 aliphatic heterocycles. The minimum Gasteiger partial charge on any atom is -0.371 e. The first-order chi connectivity index (χ1) is 8.60. The van der Waals surface area contributed by atoms with Gasteiger partial charge in [-0.3, -0.25) is 0 Å². The molecule has 0 heterocycles. The third kappa shape index (κ3) is 4.21. The van der Waals surface area contributed by atoms with Crippen LogP contribution >= 0.6 is 11.8 Å². The molecule has 102 valence electrons. The van der Waals surface area contributed by atoms with Gasteiger partial charge in [0.1, 0.15) is 0 Å². The highest BCUT2D eigenvalue weighted by Crippen LogP contribution is 2.20. The maximum absolute atomic E-state index is 3.44. The fraction of sp³-hybridized carbons (Fsp3) is 0.600. The zero-order valence-corrected chi connectivity index (χ0v) is 13.1. The van der Waals surface area contributed by atoms with Crippen molar-refractivity contribution in [2.24, 2.45) is 0 Å². The van der Waals surface area contributed by atoms with Gasteiger partial charge in [-0.2, -0.15) is 11.8 Å². The zero-order valence-electron chi connectivity index (χ0n) is 12.2. The molecule has 0 radical (unpaired) electrons. The molecule has 18 heavy (non-hydrogen) atoms. The summed E-state index contributed by atoms with van der Waals surface area (Å²) < 4.78 is 0. The zero-order chi connectivity index (χ0) is 13.5. The largest absolute Gasteiger partial charge is 0.371 e. The van der Waals surface area contributed by atoms with E-state index in [4.69, 9.17) is 0 Å². The molecular weight excluding hydrogens is 240 g/mol. The molecule has 1 aromatic carbocycles. The van der Waals surface area contributed by atoms with Crippen LogP contribution in [0.1, 0.15) is 32.4 Å². The lowest BCUT2D eigenvalue weighted by Gasteiger charge is -2.27. The van der Waals surface area contributed by atoms with Crippen molar-refractivity contribution in [2.75, 3.05) is 30.5 Å². The lowest BCUT2D eigenvalue weighted by atomic mass is 10.1. The average Bonchev–Trinajstić information content (AvgIpc) is 2.38. The minimum atomic E-state index is 0.429. The standard InChI is InChI=1S/C15H26N2S/c1-6-16-13(3)14-7-9-15(10-8-14)17(4)12(2)11-18-5/h7-10,12-13,16H,6,11H2,1-5H3. The Morgan fingerprint density at radius 1 is 1.22 bits per heavy atom. The van der Waals surface area contributed by atoms with Crippen LogP contribution in [0.3, 0.4) is 0 Å². The fourth-order valence-corrected chi connectivity index (χ4v) is 2.74. The highest BCUT2D eigenvalue weighted by molar-refractivity contribution is 7.98. The monoisotopic (exact) mass is 266 g/mol. The molecule has 1 aromatic rings. The summed E-state index contributed by atoms with van der Waals surface area (Å²) in [5.74, 6) is 1.16. The molecule has 0 amide bonds. The van der Waals surface area contributed by atoms with E-state index < -0.39 is 0 Å². The molecule has 0 saturated heterocycles. The molecule has 1 N–H and O–H groups in total. The van der Waals surface area contributed by atoms with E-state index in [1.165, 1.54) is 11.3 Å². The van der Waals surface area contributed by atoms with Gasteiger partial charge in [-0.25, -0.2) is 0 Å². The molecule has 0 bridgehead atoms. The number of nitrogens with one attached hydrogen (secondary N) is 1. The lowest BCUT2D eigenvalue weighted by Crippen LogP contribution is -2.30. The molecule has 0 aliphatic carbocycles. The number of thioether (sulfide) groups is 1. The first kappa shape index (κ1) is 15.4. The maximum Gasteiger partial charge on any atom is 0.0366 e. The SMILES string of the molecule is CCNC(C)c1ccc(N(C)C(C)CSC)cc1.